The summed E-state index contributed by atoms with van der Waals surface area (Å²) in [6.45, 7) is 0.334. The van der Waals surface area contributed by atoms with Gasteiger partial charge in [-0.2, -0.15) is 0 Å². The van der Waals surface area contributed by atoms with Crippen LogP contribution in [0, 0.1) is 0 Å². The third-order valence-electron chi connectivity index (χ3n) is 3.19. The van der Waals surface area contributed by atoms with E-state index in [4.69, 9.17) is 4.42 Å². The second kappa shape index (κ2) is 8.11. The summed E-state index contributed by atoms with van der Waals surface area (Å²) < 4.78 is 5.15. The zero-order valence-corrected chi connectivity index (χ0v) is 14.0. The topological polar surface area (TPSA) is 96.3 Å². The van der Waals surface area contributed by atoms with Gasteiger partial charge in [-0.05, 0) is 24.3 Å². The Hall–Kier alpha value is -3.13. The number of thiazole rings is 1. The van der Waals surface area contributed by atoms with Crippen LogP contribution in [-0.2, 0) is 17.8 Å². The number of urea groups is 1. The average molecular weight is 356 g/mol. The number of nitrogens with one attached hydrogen (secondary N) is 3. The molecule has 3 N–H and O–H groups in total. The van der Waals surface area contributed by atoms with E-state index in [0.29, 0.717) is 28.8 Å². The molecule has 0 atom stereocenters. The number of rotatable bonds is 6. The van der Waals surface area contributed by atoms with Crippen LogP contribution in [0.1, 0.15) is 11.5 Å². The van der Waals surface area contributed by atoms with E-state index in [1.54, 1.807) is 35.9 Å². The van der Waals surface area contributed by atoms with Gasteiger partial charge >= 0.3 is 6.03 Å². The second-order valence-electron chi connectivity index (χ2n) is 5.12. The normalized spacial score (nSPS) is 10.2. The van der Waals surface area contributed by atoms with Gasteiger partial charge < -0.3 is 15.1 Å². The number of benzene rings is 1. The van der Waals surface area contributed by atoms with Gasteiger partial charge in [0.05, 0.1) is 24.9 Å². The number of carbonyl (C=O) groups is 2. The van der Waals surface area contributed by atoms with E-state index in [1.807, 2.05) is 18.2 Å². The lowest BCUT2D eigenvalue weighted by Gasteiger charge is -2.04. The third kappa shape index (κ3) is 5.18. The number of amides is 3. The molecule has 3 amide bonds. The van der Waals surface area contributed by atoms with Gasteiger partial charge in [0.25, 0.3) is 0 Å². The lowest BCUT2D eigenvalue weighted by Crippen LogP contribution is -2.24. The maximum atomic E-state index is 11.9. The van der Waals surface area contributed by atoms with Crippen LogP contribution in [0.5, 0.6) is 0 Å². The first-order chi connectivity index (χ1) is 12.2. The maximum Gasteiger partial charge on any atom is 0.325 e. The lowest BCUT2D eigenvalue weighted by molar-refractivity contribution is -0.120. The molecule has 0 radical (unpaired) electrons. The van der Waals surface area contributed by atoms with E-state index in [1.165, 1.54) is 11.3 Å². The van der Waals surface area contributed by atoms with Gasteiger partial charge in [0.15, 0.2) is 5.13 Å². The number of hydrogen-bond donors (Lipinski definition) is 3. The highest BCUT2D eigenvalue weighted by Gasteiger charge is 2.10. The minimum absolute atomic E-state index is 0.138. The first kappa shape index (κ1) is 16.7. The van der Waals surface area contributed by atoms with Crippen LogP contribution in [0.15, 0.2) is 58.5 Å². The molecule has 0 aliphatic heterocycles. The highest BCUT2D eigenvalue weighted by molar-refractivity contribution is 7.14. The monoisotopic (exact) mass is 356 g/mol. The summed E-state index contributed by atoms with van der Waals surface area (Å²) in [5.41, 5.74) is 1.28. The number of hydrogen-bond acceptors (Lipinski definition) is 5. The zero-order chi connectivity index (χ0) is 17.5. The fourth-order valence-electron chi connectivity index (χ4n) is 2.05. The minimum atomic E-state index is -0.380. The molecular formula is C17H16N4O3S. The van der Waals surface area contributed by atoms with Gasteiger partial charge in [-0.15, -0.1) is 11.3 Å². The number of anilines is 2. The fourth-order valence-corrected chi connectivity index (χ4v) is 2.76. The van der Waals surface area contributed by atoms with Crippen molar-refractivity contribution in [2.45, 2.75) is 13.0 Å². The average Bonchev–Trinajstić information content (AvgIpc) is 3.26. The van der Waals surface area contributed by atoms with Gasteiger partial charge in [-0.1, -0.05) is 18.2 Å². The Balaban J connectivity index is 1.46. The number of furan rings is 1. The van der Waals surface area contributed by atoms with Gasteiger partial charge in [0.1, 0.15) is 5.76 Å². The van der Waals surface area contributed by atoms with Crippen molar-refractivity contribution in [1.29, 1.82) is 0 Å². The molecule has 7 nitrogen and oxygen atoms in total. The van der Waals surface area contributed by atoms with Crippen molar-refractivity contribution >= 4 is 34.1 Å². The molecule has 0 spiro atoms. The largest absolute Gasteiger partial charge is 0.467 e. The first-order valence-corrected chi connectivity index (χ1v) is 8.43. The molecule has 3 aromatic rings. The number of para-hydroxylation sites is 1. The molecule has 3 rings (SSSR count). The second-order valence-corrected chi connectivity index (χ2v) is 5.98. The van der Waals surface area contributed by atoms with Crippen molar-refractivity contribution in [3.63, 3.8) is 0 Å². The van der Waals surface area contributed by atoms with Crippen molar-refractivity contribution in [3.05, 3.63) is 65.6 Å². The summed E-state index contributed by atoms with van der Waals surface area (Å²) in [6.07, 6.45) is 1.69. The Morgan fingerprint density at radius 3 is 2.68 bits per heavy atom. The van der Waals surface area contributed by atoms with Gasteiger partial charge in [0, 0.05) is 11.1 Å². The molecule has 2 aromatic heterocycles. The van der Waals surface area contributed by atoms with E-state index >= 15 is 0 Å². The van der Waals surface area contributed by atoms with Crippen molar-refractivity contribution in [2.75, 3.05) is 10.6 Å². The molecule has 128 valence electrons. The van der Waals surface area contributed by atoms with Gasteiger partial charge in [-0.3, -0.25) is 10.1 Å². The molecule has 0 unspecified atom stereocenters. The zero-order valence-electron chi connectivity index (χ0n) is 13.2. The van der Waals surface area contributed by atoms with Crippen LogP contribution < -0.4 is 16.0 Å². The van der Waals surface area contributed by atoms with Crippen molar-refractivity contribution in [1.82, 2.24) is 10.3 Å². The van der Waals surface area contributed by atoms with Crippen LogP contribution in [0.2, 0.25) is 0 Å². The highest BCUT2D eigenvalue weighted by atomic mass is 32.1. The number of aromatic nitrogens is 1. The standard InChI is InChI=1S/C17H16N4O3S/c22-15(18-10-14-7-4-8-24-14)9-13-11-25-17(20-13)21-16(23)19-12-5-2-1-3-6-12/h1-8,11H,9-10H2,(H,18,22)(H2,19,20,21,23). The van der Waals surface area contributed by atoms with Crippen molar-refractivity contribution < 1.29 is 14.0 Å². The molecular weight excluding hydrogens is 340 g/mol. The highest BCUT2D eigenvalue weighted by Crippen LogP contribution is 2.16. The smallest absolute Gasteiger partial charge is 0.325 e. The van der Waals surface area contributed by atoms with Crippen LogP contribution in [0.3, 0.4) is 0 Å². The Morgan fingerprint density at radius 1 is 1.08 bits per heavy atom. The molecule has 8 heteroatoms. The summed E-state index contributed by atoms with van der Waals surface area (Å²) in [5.74, 6) is 0.522. The summed E-state index contributed by atoms with van der Waals surface area (Å²) >= 11 is 1.26. The molecule has 1 aromatic carbocycles. The van der Waals surface area contributed by atoms with Crippen LogP contribution in [-0.4, -0.2) is 16.9 Å². The molecule has 0 aliphatic carbocycles. The SMILES string of the molecule is O=C(Cc1csc(NC(=O)Nc2ccccc2)n1)NCc1ccco1. The van der Waals surface area contributed by atoms with Gasteiger partial charge in [0.2, 0.25) is 5.91 Å². The van der Waals surface area contributed by atoms with E-state index in [2.05, 4.69) is 20.9 Å². The summed E-state index contributed by atoms with van der Waals surface area (Å²) in [7, 11) is 0. The summed E-state index contributed by atoms with van der Waals surface area (Å²) in [6, 6.07) is 12.3. The Morgan fingerprint density at radius 2 is 1.92 bits per heavy atom. The van der Waals surface area contributed by atoms with Crippen LogP contribution in [0.4, 0.5) is 15.6 Å². The van der Waals surface area contributed by atoms with Crippen LogP contribution >= 0.6 is 11.3 Å². The molecule has 25 heavy (non-hydrogen) atoms. The quantitative estimate of drug-likeness (QED) is 0.632. The summed E-state index contributed by atoms with van der Waals surface area (Å²) in [5, 5.41) is 10.3. The van der Waals surface area contributed by atoms with Gasteiger partial charge in [-0.25, -0.2) is 9.78 Å². The van der Waals surface area contributed by atoms with E-state index in [0.717, 1.165) is 0 Å². The van der Waals surface area contributed by atoms with Crippen LogP contribution in [0.25, 0.3) is 0 Å². The third-order valence-corrected chi connectivity index (χ3v) is 3.99. The Bertz CT molecular complexity index is 831. The number of carbonyl (C=O) groups excluding carboxylic acids is 2. The predicted octanol–water partition coefficient (Wildman–Crippen LogP) is 3.24. The first-order valence-electron chi connectivity index (χ1n) is 7.55. The Labute approximate surface area is 148 Å². The lowest BCUT2D eigenvalue weighted by atomic mass is 10.3. The van der Waals surface area contributed by atoms with E-state index < -0.39 is 0 Å². The number of nitrogens with zero attached hydrogens (tertiary/aromatic N) is 1. The fraction of sp³-hybridized carbons (Fsp3) is 0.118. The molecule has 0 saturated carbocycles. The van der Waals surface area contributed by atoms with Crippen molar-refractivity contribution in [2.24, 2.45) is 0 Å². The van der Waals surface area contributed by atoms with Crippen molar-refractivity contribution in [3.8, 4) is 0 Å². The van der Waals surface area contributed by atoms with E-state index in [-0.39, 0.29) is 18.4 Å². The molecule has 0 bridgehead atoms. The minimum Gasteiger partial charge on any atom is -0.467 e. The molecule has 0 aliphatic rings. The predicted molar refractivity (Wildman–Crippen MR) is 95.5 cm³/mol. The molecule has 2 heterocycles. The molecule has 0 fully saturated rings. The molecule has 0 saturated heterocycles. The maximum absolute atomic E-state index is 11.9. The van der Waals surface area contributed by atoms with E-state index in [9.17, 15) is 9.59 Å². The summed E-state index contributed by atoms with van der Waals surface area (Å²) in [4.78, 5) is 28.0. The Kier molecular flexibility index (Phi) is 5.43.